The van der Waals surface area contributed by atoms with Gasteiger partial charge in [0.15, 0.2) is 11.5 Å². The molecule has 1 aromatic carbocycles. The largest absolute Gasteiger partial charge is 0.493 e. The molecule has 2 heterocycles. The average Bonchev–Trinajstić information content (AvgIpc) is 2.98. The van der Waals surface area contributed by atoms with Gasteiger partial charge in [-0.15, -0.1) is 0 Å². The van der Waals surface area contributed by atoms with E-state index in [-0.39, 0.29) is 0 Å². The Morgan fingerprint density at radius 3 is 2.81 bits per heavy atom. The van der Waals surface area contributed by atoms with Crippen LogP contribution in [-0.4, -0.2) is 67.3 Å². The summed E-state index contributed by atoms with van der Waals surface area (Å²) in [7, 11) is 1.63. The lowest BCUT2D eigenvalue weighted by Crippen LogP contribution is -2.38. The van der Waals surface area contributed by atoms with Crippen LogP contribution in [0.3, 0.4) is 0 Å². The van der Waals surface area contributed by atoms with Gasteiger partial charge < -0.3 is 19.9 Å². The van der Waals surface area contributed by atoms with Crippen molar-refractivity contribution in [2.24, 2.45) is 5.10 Å². The Morgan fingerprint density at radius 2 is 2.12 bits per heavy atom. The number of nitrogen functional groups attached to an aromatic ring is 1. The maximum Gasteiger partial charge on any atom is 0.221 e. The summed E-state index contributed by atoms with van der Waals surface area (Å²) < 4.78 is 18.2. The van der Waals surface area contributed by atoms with Gasteiger partial charge in [-0.05, 0) is 30.7 Å². The van der Waals surface area contributed by atoms with Gasteiger partial charge in [0.05, 0.1) is 38.4 Å². The molecule has 1 aliphatic heterocycles. The molecule has 1 aliphatic rings. The first-order chi connectivity index (χ1) is 12.7. The van der Waals surface area contributed by atoms with Crippen LogP contribution in [0.2, 0.25) is 0 Å². The van der Waals surface area contributed by atoms with Crippen molar-refractivity contribution in [2.75, 3.05) is 52.3 Å². The predicted molar refractivity (Wildman–Crippen MR) is 100 cm³/mol. The molecule has 1 saturated heterocycles. The topological polar surface area (TPSA) is 87.1 Å². The number of nitrogens with zero attached hydrogens (tertiary/aromatic N) is 4. The minimum Gasteiger partial charge on any atom is -0.493 e. The van der Waals surface area contributed by atoms with Crippen LogP contribution in [-0.2, 0) is 4.74 Å². The molecule has 2 N–H and O–H groups in total. The number of nitrogens with two attached hydrogens (primary N) is 1. The van der Waals surface area contributed by atoms with E-state index >= 15 is 0 Å². The molecule has 0 aliphatic carbocycles. The Bertz CT molecular complexity index is 753. The van der Waals surface area contributed by atoms with Crippen molar-refractivity contribution in [1.82, 2.24) is 14.6 Å². The standard InChI is InChI=1S/C18H25N5O3/c1-14-13-23(18(19)21-14)20-12-15-3-4-16(24-2)17(11-15)26-10-7-22-5-8-25-9-6-22/h3-4,11-13H,5-10H2,1-2H3,(H2,19,21). The second kappa shape index (κ2) is 8.68. The number of rotatable bonds is 7. The number of hydrogen-bond acceptors (Lipinski definition) is 7. The zero-order valence-corrected chi connectivity index (χ0v) is 15.2. The minimum absolute atomic E-state index is 0.356. The molecule has 0 spiro atoms. The predicted octanol–water partition coefficient (Wildman–Crippen LogP) is 1.38. The van der Waals surface area contributed by atoms with Gasteiger partial charge in [0, 0.05) is 19.6 Å². The second-order valence-corrected chi connectivity index (χ2v) is 6.04. The third-order valence-electron chi connectivity index (χ3n) is 4.12. The van der Waals surface area contributed by atoms with Crippen molar-refractivity contribution in [3.8, 4) is 11.5 Å². The number of benzene rings is 1. The smallest absolute Gasteiger partial charge is 0.221 e. The molecule has 8 nitrogen and oxygen atoms in total. The highest BCUT2D eigenvalue weighted by atomic mass is 16.5. The number of anilines is 1. The van der Waals surface area contributed by atoms with E-state index in [1.165, 1.54) is 0 Å². The Hall–Kier alpha value is -2.58. The quantitative estimate of drug-likeness (QED) is 0.752. The molecule has 1 aromatic heterocycles. The summed E-state index contributed by atoms with van der Waals surface area (Å²) in [5, 5.41) is 4.33. The summed E-state index contributed by atoms with van der Waals surface area (Å²) in [5.74, 6) is 1.75. The number of morpholine rings is 1. The molecule has 0 bridgehead atoms. The van der Waals surface area contributed by atoms with E-state index in [1.54, 1.807) is 24.2 Å². The minimum atomic E-state index is 0.356. The fraction of sp³-hybridized carbons (Fsp3) is 0.444. The molecule has 3 rings (SSSR count). The van der Waals surface area contributed by atoms with Crippen molar-refractivity contribution in [1.29, 1.82) is 0 Å². The molecular formula is C18H25N5O3. The number of aryl methyl sites for hydroxylation is 1. The van der Waals surface area contributed by atoms with Crippen LogP contribution in [0, 0.1) is 6.92 Å². The molecule has 0 saturated carbocycles. The van der Waals surface area contributed by atoms with Crippen LogP contribution in [0.4, 0.5) is 5.95 Å². The summed E-state index contributed by atoms with van der Waals surface area (Å²) >= 11 is 0. The molecular weight excluding hydrogens is 334 g/mol. The highest BCUT2D eigenvalue weighted by molar-refractivity contribution is 5.81. The Balaban J connectivity index is 1.64. The first-order valence-electron chi connectivity index (χ1n) is 8.62. The highest BCUT2D eigenvalue weighted by Crippen LogP contribution is 2.27. The monoisotopic (exact) mass is 359 g/mol. The van der Waals surface area contributed by atoms with Crippen molar-refractivity contribution in [3.63, 3.8) is 0 Å². The third kappa shape index (κ3) is 4.74. The van der Waals surface area contributed by atoms with Crippen LogP contribution in [0.1, 0.15) is 11.3 Å². The molecule has 2 aromatic rings. The lowest BCUT2D eigenvalue weighted by atomic mass is 10.2. The van der Waals surface area contributed by atoms with Crippen molar-refractivity contribution < 1.29 is 14.2 Å². The van der Waals surface area contributed by atoms with Gasteiger partial charge >= 0.3 is 0 Å². The number of ether oxygens (including phenoxy) is 3. The average molecular weight is 359 g/mol. The maximum absolute atomic E-state index is 5.94. The number of aromatic nitrogens is 2. The molecule has 1 fully saturated rings. The summed E-state index contributed by atoms with van der Waals surface area (Å²) in [6.45, 7) is 6.77. The lowest BCUT2D eigenvalue weighted by Gasteiger charge is -2.26. The lowest BCUT2D eigenvalue weighted by molar-refractivity contribution is 0.0321. The van der Waals surface area contributed by atoms with E-state index in [9.17, 15) is 0 Å². The Labute approximate surface area is 153 Å². The van der Waals surface area contributed by atoms with Crippen molar-refractivity contribution >= 4 is 12.2 Å². The van der Waals surface area contributed by atoms with Crippen LogP contribution >= 0.6 is 0 Å². The van der Waals surface area contributed by atoms with E-state index < -0.39 is 0 Å². The molecule has 0 unspecified atom stereocenters. The van der Waals surface area contributed by atoms with Crippen LogP contribution in [0.15, 0.2) is 29.5 Å². The maximum atomic E-state index is 5.94. The van der Waals surface area contributed by atoms with Crippen molar-refractivity contribution in [2.45, 2.75) is 6.92 Å². The Morgan fingerprint density at radius 1 is 1.31 bits per heavy atom. The van der Waals surface area contributed by atoms with Crippen LogP contribution in [0.5, 0.6) is 11.5 Å². The fourth-order valence-electron chi connectivity index (χ4n) is 2.72. The molecule has 26 heavy (non-hydrogen) atoms. The third-order valence-corrected chi connectivity index (χ3v) is 4.12. The van der Waals surface area contributed by atoms with Crippen molar-refractivity contribution in [3.05, 3.63) is 35.7 Å². The summed E-state index contributed by atoms with van der Waals surface area (Å²) in [6.07, 6.45) is 3.49. The molecule has 8 heteroatoms. The molecule has 0 atom stereocenters. The first kappa shape index (κ1) is 18.2. The normalized spacial score (nSPS) is 15.5. The first-order valence-corrected chi connectivity index (χ1v) is 8.62. The van der Waals surface area contributed by atoms with Gasteiger partial charge in [0.25, 0.3) is 0 Å². The van der Waals surface area contributed by atoms with E-state index in [4.69, 9.17) is 19.9 Å². The SMILES string of the molecule is COc1ccc(C=Nn2cc(C)nc2N)cc1OCCN1CCOCC1. The van der Waals surface area contributed by atoms with E-state index in [0.717, 1.165) is 44.1 Å². The zero-order chi connectivity index (χ0) is 18.4. The Kier molecular flexibility index (Phi) is 6.08. The second-order valence-electron chi connectivity index (χ2n) is 6.04. The van der Waals surface area contributed by atoms with Crippen LogP contribution < -0.4 is 15.2 Å². The summed E-state index contributed by atoms with van der Waals surface area (Å²) in [6, 6.07) is 5.69. The zero-order valence-electron chi connectivity index (χ0n) is 15.2. The van der Waals surface area contributed by atoms with E-state index in [0.29, 0.717) is 24.1 Å². The number of methoxy groups -OCH3 is 1. The van der Waals surface area contributed by atoms with Gasteiger partial charge in [-0.3, -0.25) is 4.90 Å². The van der Waals surface area contributed by atoms with Gasteiger partial charge in [-0.25, -0.2) is 9.66 Å². The summed E-state index contributed by atoms with van der Waals surface area (Å²) in [4.78, 5) is 6.45. The highest BCUT2D eigenvalue weighted by Gasteiger charge is 2.11. The van der Waals surface area contributed by atoms with E-state index in [1.807, 2.05) is 25.1 Å². The van der Waals surface area contributed by atoms with Crippen LogP contribution in [0.25, 0.3) is 0 Å². The van der Waals surface area contributed by atoms with Gasteiger partial charge in [0.2, 0.25) is 5.95 Å². The summed E-state index contributed by atoms with van der Waals surface area (Å²) in [5.41, 5.74) is 7.51. The molecule has 0 radical (unpaired) electrons. The fourth-order valence-corrected chi connectivity index (χ4v) is 2.72. The number of hydrogen-bond donors (Lipinski definition) is 1. The molecule has 140 valence electrons. The molecule has 0 amide bonds. The van der Waals surface area contributed by atoms with Gasteiger partial charge in [0.1, 0.15) is 6.61 Å². The van der Waals surface area contributed by atoms with E-state index in [2.05, 4.69) is 15.0 Å². The van der Waals surface area contributed by atoms with Gasteiger partial charge in [-0.1, -0.05) is 0 Å². The van der Waals surface area contributed by atoms with Gasteiger partial charge in [-0.2, -0.15) is 5.10 Å². The number of imidazole rings is 1.